The third kappa shape index (κ3) is 4.02. The van der Waals surface area contributed by atoms with Gasteiger partial charge in [-0.3, -0.25) is 9.10 Å². The van der Waals surface area contributed by atoms with E-state index in [0.29, 0.717) is 17.7 Å². The maximum atomic E-state index is 12.7. The molecule has 1 saturated carbocycles. The van der Waals surface area contributed by atoms with Crippen LogP contribution < -0.4 is 4.31 Å². The molecule has 0 radical (unpaired) electrons. The van der Waals surface area contributed by atoms with E-state index < -0.39 is 16.1 Å². The lowest BCUT2D eigenvalue weighted by atomic mass is 9.91. The van der Waals surface area contributed by atoms with Gasteiger partial charge in [0.25, 0.3) is 15.9 Å². The third-order valence-corrected chi connectivity index (χ3v) is 8.26. The Morgan fingerprint density at radius 1 is 1.11 bits per heavy atom. The van der Waals surface area contributed by atoms with Crippen LogP contribution in [0, 0.1) is 0 Å². The topological polar surface area (TPSA) is 77.9 Å². The Morgan fingerprint density at radius 2 is 1.78 bits per heavy atom. The molecule has 1 fully saturated rings. The van der Waals surface area contributed by atoms with Gasteiger partial charge in [0.1, 0.15) is 4.21 Å². The van der Waals surface area contributed by atoms with Crippen molar-refractivity contribution in [2.75, 3.05) is 18.4 Å². The number of carbonyl (C=O) groups is 1. The van der Waals surface area contributed by atoms with Gasteiger partial charge in [0.05, 0.1) is 17.8 Å². The number of nitrogens with zero attached hydrogens (tertiary/aromatic N) is 2. The Bertz CT molecular complexity index is 879. The van der Waals surface area contributed by atoms with Crippen LogP contribution in [0.1, 0.15) is 36.0 Å². The number of likely N-dealkylation sites (N-methyl/N-ethyl adjacent to an activating group) is 1. The molecule has 1 amide bonds. The molecule has 1 heterocycles. The smallest absolute Gasteiger partial charge is 0.273 e. The summed E-state index contributed by atoms with van der Waals surface area (Å²) in [6.45, 7) is 0. The highest BCUT2D eigenvalue weighted by molar-refractivity contribution is 7.94. The van der Waals surface area contributed by atoms with Gasteiger partial charge in [-0.05, 0) is 48.6 Å². The van der Waals surface area contributed by atoms with E-state index in [4.69, 9.17) is 0 Å². The quantitative estimate of drug-likeness (QED) is 0.825. The molecule has 0 spiro atoms. The van der Waals surface area contributed by atoms with Crippen molar-refractivity contribution in [1.29, 1.82) is 0 Å². The largest absolute Gasteiger partial charge is 0.391 e. The Balaban J connectivity index is 1.76. The fourth-order valence-electron chi connectivity index (χ4n) is 3.40. The van der Waals surface area contributed by atoms with Crippen molar-refractivity contribution in [2.45, 2.75) is 42.0 Å². The van der Waals surface area contributed by atoms with Crippen molar-refractivity contribution in [2.24, 2.45) is 0 Å². The number of sulfonamides is 1. The molecule has 27 heavy (non-hydrogen) atoms. The lowest BCUT2D eigenvalue weighted by molar-refractivity contribution is 0.0268. The van der Waals surface area contributed by atoms with Gasteiger partial charge in [-0.2, -0.15) is 0 Å². The first-order valence-corrected chi connectivity index (χ1v) is 11.2. The molecule has 0 unspecified atom stereocenters. The average molecular weight is 409 g/mol. The molecule has 3 rings (SSSR count). The highest BCUT2D eigenvalue weighted by Gasteiger charge is 2.30. The molecular weight excluding hydrogens is 384 g/mol. The van der Waals surface area contributed by atoms with Crippen molar-refractivity contribution >= 4 is 33.0 Å². The predicted octanol–water partition coefficient (Wildman–Crippen LogP) is 2.95. The molecule has 1 N–H and O–H groups in total. The van der Waals surface area contributed by atoms with Gasteiger partial charge in [0, 0.05) is 19.7 Å². The number of carbonyl (C=O) groups excluding carboxylic acids is 1. The lowest BCUT2D eigenvalue weighted by Gasteiger charge is -2.35. The summed E-state index contributed by atoms with van der Waals surface area (Å²) in [6.07, 6.45) is 3.01. The average Bonchev–Trinajstić information content (AvgIpc) is 3.22. The van der Waals surface area contributed by atoms with E-state index in [1.807, 2.05) is 0 Å². The minimum atomic E-state index is -3.60. The molecular formula is C19H24N2O4S2. The van der Waals surface area contributed by atoms with E-state index in [2.05, 4.69) is 0 Å². The molecule has 0 saturated heterocycles. The van der Waals surface area contributed by atoms with Crippen LogP contribution in [-0.4, -0.2) is 50.6 Å². The van der Waals surface area contributed by atoms with Gasteiger partial charge >= 0.3 is 0 Å². The number of benzene rings is 1. The van der Waals surface area contributed by atoms with Crippen molar-refractivity contribution in [3.63, 3.8) is 0 Å². The summed E-state index contributed by atoms with van der Waals surface area (Å²) in [5.74, 6) is -0.170. The lowest BCUT2D eigenvalue weighted by Crippen LogP contribution is -2.46. The Hall–Kier alpha value is -1.90. The Labute approximate surface area is 164 Å². The normalized spacial score (nSPS) is 20.3. The number of aliphatic hydroxyl groups excluding tert-OH is 1. The van der Waals surface area contributed by atoms with Crippen LogP contribution in [0.3, 0.4) is 0 Å². The summed E-state index contributed by atoms with van der Waals surface area (Å²) >= 11 is 1.17. The first-order chi connectivity index (χ1) is 12.8. The van der Waals surface area contributed by atoms with Crippen molar-refractivity contribution in [3.05, 3.63) is 47.3 Å². The molecule has 1 aliphatic rings. The van der Waals surface area contributed by atoms with Crippen molar-refractivity contribution in [3.8, 4) is 0 Å². The highest BCUT2D eigenvalue weighted by Crippen LogP contribution is 2.27. The van der Waals surface area contributed by atoms with Gasteiger partial charge in [-0.15, -0.1) is 11.3 Å². The van der Waals surface area contributed by atoms with E-state index in [1.165, 1.54) is 22.7 Å². The SMILES string of the molecule is CN(C(=O)c1ccc(N(C)S(=O)(=O)c2cccs2)cc1)[C@@H]1CCCC[C@H]1O. The number of rotatable bonds is 5. The summed E-state index contributed by atoms with van der Waals surface area (Å²) in [5.41, 5.74) is 0.959. The standard InChI is InChI=1S/C19H24N2O4S2/c1-20(16-6-3-4-7-17(16)22)19(23)14-9-11-15(12-10-14)21(2)27(24,25)18-8-5-13-26-18/h5,8-13,16-17,22H,3-4,6-7H2,1-2H3/t16-,17-/m1/s1. The number of hydrogen-bond acceptors (Lipinski definition) is 5. The molecule has 0 aliphatic heterocycles. The maximum absolute atomic E-state index is 12.7. The minimum absolute atomic E-state index is 0.170. The Kier molecular flexibility index (Phi) is 5.88. The monoisotopic (exact) mass is 408 g/mol. The second kappa shape index (κ2) is 8.00. The molecule has 1 aromatic carbocycles. The molecule has 1 aliphatic carbocycles. The van der Waals surface area contributed by atoms with E-state index in [1.54, 1.807) is 53.7 Å². The van der Waals surface area contributed by atoms with E-state index in [0.717, 1.165) is 19.3 Å². The minimum Gasteiger partial charge on any atom is -0.391 e. The van der Waals surface area contributed by atoms with Crippen molar-refractivity contribution < 1.29 is 18.3 Å². The van der Waals surface area contributed by atoms with Crippen LogP contribution in [0.25, 0.3) is 0 Å². The van der Waals surface area contributed by atoms with Crippen LogP contribution in [0.15, 0.2) is 46.0 Å². The second-order valence-corrected chi connectivity index (χ2v) is 9.93. The zero-order valence-corrected chi connectivity index (χ0v) is 17.0. The molecule has 2 aromatic rings. The number of aliphatic hydroxyl groups is 1. The summed E-state index contributed by atoms with van der Waals surface area (Å²) in [5, 5.41) is 11.9. The molecule has 1 aromatic heterocycles. The summed E-state index contributed by atoms with van der Waals surface area (Å²) in [7, 11) is -0.392. The first-order valence-electron chi connectivity index (χ1n) is 8.90. The fourth-order valence-corrected chi connectivity index (χ4v) is 5.75. The van der Waals surface area contributed by atoms with Crippen LogP contribution in [0.5, 0.6) is 0 Å². The van der Waals surface area contributed by atoms with Gasteiger partial charge in [-0.1, -0.05) is 18.9 Å². The molecule has 6 nitrogen and oxygen atoms in total. The van der Waals surface area contributed by atoms with Gasteiger partial charge in [0.2, 0.25) is 0 Å². The molecule has 2 atom stereocenters. The van der Waals surface area contributed by atoms with Gasteiger partial charge in [0.15, 0.2) is 0 Å². The fraction of sp³-hybridized carbons (Fsp3) is 0.421. The predicted molar refractivity (Wildman–Crippen MR) is 107 cm³/mol. The van der Waals surface area contributed by atoms with E-state index in [9.17, 15) is 18.3 Å². The van der Waals surface area contributed by atoms with Gasteiger partial charge in [-0.25, -0.2) is 8.42 Å². The van der Waals surface area contributed by atoms with E-state index in [-0.39, 0.29) is 16.2 Å². The zero-order valence-electron chi connectivity index (χ0n) is 15.4. The van der Waals surface area contributed by atoms with Crippen molar-refractivity contribution in [1.82, 2.24) is 4.90 Å². The van der Waals surface area contributed by atoms with Gasteiger partial charge < -0.3 is 10.0 Å². The summed E-state index contributed by atoms with van der Waals surface area (Å²) < 4.78 is 26.7. The molecule has 146 valence electrons. The van der Waals surface area contributed by atoms with Crippen LogP contribution in [-0.2, 0) is 10.0 Å². The Morgan fingerprint density at radius 3 is 2.37 bits per heavy atom. The number of hydrogen-bond donors (Lipinski definition) is 1. The van der Waals surface area contributed by atoms with Crippen LogP contribution >= 0.6 is 11.3 Å². The number of anilines is 1. The molecule has 8 heteroatoms. The maximum Gasteiger partial charge on any atom is 0.273 e. The first kappa shape index (κ1) is 19.9. The third-order valence-electron chi connectivity index (χ3n) is 5.10. The summed E-state index contributed by atoms with van der Waals surface area (Å²) in [6, 6.07) is 9.61. The van der Waals surface area contributed by atoms with E-state index >= 15 is 0 Å². The second-order valence-electron chi connectivity index (χ2n) is 6.79. The molecule has 0 bridgehead atoms. The van der Waals surface area contributed by atoms with Crippen LogP contribution in [0.2, 0.25) is 0 Å². The van der Waals surface area contributed by atoms with Crippen LogP contribution in [0.4, 0.5) is 5.69 Å². The number of amides is 1. The zero-order chi connectivity index (χ0) is 19.6. The highest BCUT2D eigenvalue weighted by atomic mass is 32.2. The number of thiophene rings is 1. The summed E-state index contributed by atoms with van der Waals surface area (Å²) in [4.78, 5) is 14.3.